The summed E-state index contributed by atoms with van der Waals surface area (Å²) < 4.78 is 43.3. The molecule has 3 rings (SSSR count). The normalized spacial score (nSPS) is 28.4. The maximum absolute atomic E-state index is 12.5. The molecular weight excluding hydrogens is 283 g/mol. The number of aliphatic hydroxyl groups excluding tert-OH is 1. The molecule has 2 aliphatic heterocycles. The molecule has 0 saturated carbocycles. The van der Waals surface area contributed by atoms with Crippen molar-refractivity contribution < 1.29 is 23.0 Å². The van der Waals surface area contributed by atoms with Crippen LogP contribution >= 0.6 is 0 Å². The van der Waals surface area contributed by atoms with Crippen LogP contribution in [0.15, 0.2) is 24.3 Å². The fraction of sp³-hybridized carbons (Fsp3) is 0.600. The van der Waals surface area contributed by atoms with Crippen molar-refractivity contribution in [1.82, 2.24) is 4.90 Å². The molecular formula is C15H18F3NO2. The van der Waals surface area contributed by atoms with E-state index >= 15 is 0 Å². The summed E-state index contributed by atoms with van der Waals surface area (Å²) in [5, 5.41) is 10.3. The lowest BCUT2D eigenvalue weighted by molar-refractivity contribution is -0.137. The first-order valence-electron chi connectivity index (χ1n) is 7.16. The number of hydrogen-bond acceptors (Lipinski definition) is 3. The van der Waals surface area contributed by atoms with E-state index in [1.54, 1.807) is 0 Å². The lowest BCUT2D eigenvalue weighted by atomic mass is 10.0. The first kappa shape index (κ1) is 14.8. The Morgan fingerprint density at radius 3 is 2.62 bits per heavy atom. The van der Waals surface area contributed by atoms with E-state index in [1.807, 2.05) is 0 Å². The van der Waals surface area contributed by atoms with Gasteiger partial charge >= 0.3 is 6.18 Å². The molecule has 21 heavy (non-hydrogen) atoms. The predicted octanol–water partition coefficient (Wildman–Crippen LogP) is 2.60. The highest BCUT2D eigenvalue weighted by molar-refractivity contribution is 5.26. The number of aliphatic hydroxyl groups is 1. The summed E-state index contributed by atoms with van der Waals surface area (Å²) in [6, 6.07) is 5.08. The van der Waals surface area contributed by atoms with Crippen molar-refractivity contribution in [1.29, 1.82) is 0 Å². The molecule has 3 unspecified atom stereocenters. The summed E-state index contributed by atoms with van der Waals surface area (Å²) >= 11 is 0. The smallest absolute Gasteiger partial charge is 0.386 e. The number of morpholine rings is 1. The Labute approximate surface area is 121 Å². The van der Waals surface area contributed by atoms with E-state index in [0.717, 1.165) is 31.5 Å². The van der Waals surface area contributed by atoms with Crippen molar-refractivity contribution in [2.24, 2.45) is 0 Å². The van der Waals surface area contributed by atoms with Gasteiger partial charge in [0.1, 0.15) is 12.2 Å². The lowest BCUT2D eigenvalue weighted by Gasteiger charge is -2.37. The average Bonchev–Trinajstić information content (AvgIpc) is 2.93. The summed E-state index contributed by atoms with van der Waals surface area (Å²) in [7, 11) is 0. The Bertz CT molecular complexity index is 489. The molecule has 0 aromatic heterocycles. The van der Waals surface area contributed by atoms with Gasteiger partial charge in [-0.1, -0.05) is 12.1 Å². The fourth-order valence-electron chi connectivity index (χ4n) is 3.12. The topological polar surface area (TPSA) is 32.7 Å². The Hall–Kier alpha value is -1.11. The quantitative estimate of drug-likeness (QED) is 0.911. The second-order valence-corrected chi connectivity index (χ2v) is 5.73. The van der Waals surface area contributed by atoms with E-state index < -0.39 is 17.8 Å². The van der Waals surface area contributed by atoms with Gasteiger partial charge in [0.2, 0.25) is 0 Å². The second kappa shape index (κ2) is 5.59. The van der Waals surface area contributed by atoms with Crippen LogP contribution in [0.2, 0.25) is 0 Å². The highest BCUT2D eigenvalue weighted by atomic mass is 19.4. The average molecular weight is 301 g/mol. The molecule has 0 amide bonds. The second-order valence-electron chi connectivity index (χ2n) is 5.73. The summed E-state index contributed by atoms with van der Waals surface area (Å²) in [4.78, 5) is 2.29. The molecule has 0 spiro atoms. The van der Waals surface area contributed by atoms with Crippen molar-refractivity contribution >= 4 is 0 Å². The molecule has 1 N–H and O–H groups in total. The van der Waals surface area contributed by atoms with Crippen molar-refractivity contribution in [2.75, 3.05) is 19.7 Å². The molecule has 2 heterocycles. The van der Waals surface area contributed by atoms with E-state index in [9.17, 15) is 18.3 Å². The van der Waals surface area contributed by atoms with Crippen LogP contribution in [0.4, 0.5) is 13.2 Å². The van der Waals surface area contributed by atoms with Crippen LogP contribution in [-0.4, -0.2) is 41.8 Å². The van der Waals surface area contributed by atoms with Crippen LogP contribution in [-0.2, 0) is 10.9 Å². The molecule has 3 atom stereocenters. The number of nitrogens with zero attached hydrogens (tertiary/aromatic N) is 1. The van der Waals surface area contributed by atoms with Gasteiger partial charge in [-0.15, -0.1) is 0 Å². The van der Waals surface area contributed by atoms with Gasteiger partial charge in [-0.3, -0.25) is 4.90 Å². The summed E-state index contributed by atoms with van der Waals surface area (Å²) in [6.07, 6.45) is -3.38. The van der Waals surface area contributed by atoms with E-state index in [2.05, 4.69) is 4.90 Å². The SMILES string of the molecule is OC(c1ccc(C(F)(F)F)cc1)C1CN2CCCC2CO1. The minimum atomic E-state index is -4.35. The molecule has 2 aliphatic rings. The number of benzene rings is 1. The minimum absolute atomic E-state index is 0.379. The fourth-order valence-corrected chi connectivity index (χ4v) is 3.12. The van der Waals surface area contributed by atoms with E-state index in [1.165, 1.54) is 12.1 Å². The van der Waals surface area contributed by atoms with Crippen molar-refractivity contribution in [3.8, 4) is 0 Å². The highest BCUT2D eigenvalue weighted by Gasteiger charge is 2.36. The molecule has 1 aromatic rings. The predicted molar refractivity (Wildman–Crippen MR) is 70.7 cm³/mol. The molecule has 6 heteroatoms. The third-order valence-electron chi connectivity index (χ3n) is 4.35. The van der Waals surface area contributed by atoms with Gasteiger partial charge in [-0.05, 0) is 37.1 Å². The Morgan fingerprint density at radius 2 is 1.95 bits per heavy atom. The van der Waals surface area contributed by atoms with Gasteiger partial charge in [0.25, 0.3) is 0 Å². The zero-order valence-electron chi connectivity index (χ0n) is 11.5. The summed E-state index contributed by atoms with van der Waals surface area (Å²) in [5.41, 5.74) is -0.242. The number of halogens is 3. The number of fused-ring (bicyclic) bond motifs is 1. The van der Waals surface area contributed by atoms with E-state index in [0.29, 0.717) is 24.8 Å². The first-order valence-corrected chi connectivity index (χ1v) is 7.16. The van der Waals surface area contributed by atoms with Crippen molar-refractivity contribution in [2.45, 2.75) is 37.3 Å². The highest BCUT2D eigenvalue weighted by Crippen LogP contribution is 2.32. The van der Waals surface area contributed by atoms with Gasteiger partial charge in [0.15, 0.2) is 0 Å². The summed E-state index contributed by atoms with van der Waals surface area (Å²) in [5.74, 6) is 0. The minimum Gasteiger partial charge on any atom is -0.386 e. The molecule has 1 aromatic carbocycles. The number of alkyl halides is 3. The third-order valence-corrected chi connectivity index (χ3v) is 4.35. The number of hydrogen-bond donors (Lipinski definition) is 1. The van der Waals surface area contributed by atoms with Crippen LogP contribution in [0, 0.1) is 0 Å². The van der Waals surface area contributed by atoms with Crippen LogP contribution in [0.1, 0.15) is 30.1 Å². The van der Waals surface area contributed by atoms with Gasteiger partial charge in [0, 0.05) is 12.6 Å². The maximum Gasteiger partial charge on any atom is 0.416 e. The van der Waals surface area contributed by atoms with Gasteiger partial charge < -0.3 is 9.84 Å². The van der Waals surface area contributed by atoms with Crippen molar-refractivity contribution in [3.63, 3.8) is 0 Å². The first-order chi connectivity index (χ1) is 9.95. The van der Waals surface area contributed by atoms with Gasteiger partial charge in [-0.25, -0.2) is 0 Å². The van der Waals surface area contributed by atoms with Gasteiger partial charge in [0.05, 0.1) is 12.2 Å². The Morgan fingerprint density at radius 1 is 1.24 bits per heavy atom. The van der Waals surface area contributed by atoms with Gasteiger partial charge in [-0.2, -0.15) is 13.2 Å². The molecule has 3 nitrogen and oxygen atoms in total. The molecule has 0 bridgehead atoms. The maximum atomic E-state index is 12.5. The van der Waals surface area contributed by atoms with E-state index in [4.69, 9.17) is 4.74 Å². The molecule has 2 saturated heterocycles. The molecule has 116 valence electrons. The van der Waals surface area contributed by atoms with Crippen LogP contribution in [0.25, 0.3) is 0 Å². The summed E-state index contributed by atoms with van der Waals surface area (Å²) in [6.45, 7) is 2.22. The lowest BCUT2D eigenvalue weighted by Crippen LogP contribution is -2.48. The molecule has 0 radical (unpaired) electrons. The Balaban J connectivity index is 1.69. The number of rotatable bonds is 2. The number of ether oxygens (including phenoxy) is 1. The molecule has 0 aliphatic carbocycles. The van der Waals surface area contributed by atoms with E-state index in [-0.39, 0.29) is 6.10 Å². The van der Waals surface area contributed by atoms with Crippen LogP contribution in [0.5, 0.6) is 0 Å². The standard InChI is InChI=1S/C15H18F3NO2/c16-15(17,18)11-5-3-10(4-6-11)14(20)13-8-19-7-1-2-12(19)9-21-13/h3-6,12-14,20H,1-2,7-9H2. The largest absolute Gasteiger partial charge is 0.416 e. The van der Waals surface area contributed by atoms with Crippen LogP contribution in [0.3, 0.4) is 0 Å². The third kappa shape index (κ3) is 3.07. The van der Waals surface area contributed by atoms with Crippen molar-refractivity contribution in [3.05, 3.63) is 35.4 Å². The zero-order valence-corrected chi connectivity index (χ0v) is 11.5. The Kier molecular flexibility index (Phi) is 3.94. The zero-order chi connectivity index (χ0) is 15.0. The van der Waals surface area contributed by atoms with Crippen LogP contribution < -0.4 is 0 Å². The molecule has 2 fully saturated rings. The monoisotopic (exact) mass is 301 g/mol.